The van der Waals surface area contributed by atoms with Crippen LogP contribution in [0.25, 0.3) is 0 Å². The molecule has 1 aliphatic heterocycles. The second-order valence-electron chi connectivity index (χ2n) is 5.71. The van der Waals surface area contributed by atoms with Gasteiger partial charge in [0.2, 0.25) is 10.0 Å². The Morgan fingerprint density at radius 2 is 2.00 bits per heavy atom. The maximum absolute atomic E-state index is 11.5. The smallest absolute Gasteiger partial charge is 0.211 e. The van der Waals surface area contributed by atoms with Crippen LogP contribution in [-0.2, 0) is 14.8 Å². The Kier molecular flexibility index (Phi) is 6.23. The van der Waals surface area contributed by atoms with E-state index in [2.05, 4.69) is 13.8 Å². The van der Waals surface area contributed by atoms with Gasteiger partial charge in [0.05, 0.1) is 19.5 Å². The van der Waals surface area contributed by atoms with Crippen LogP contribution < -0.4 is 5.73 Å². The van der Waals surface area contributed by atoms with E-state index in [1.54, 1.807) is 4.31 Å². The van der Waals surface area contributed by atoms with Crippen LogP contribution in [0.2, 0.25) is 0 Å². The molecule has 0 aromatic carbocycles. The number of hydrogen-bond donors (Lipinski definition) is 1. The molecule has 2 N–H and O–H groups in total. The Hall–Kier alpha value is -0.170. The summed E-state index contributed by atoms with van der Waals surface area (Å²) in [6.07, 6.45) is 5.00. The second-order valence-corrected chi connectivity index (χ2v) is 7.70. The van der Waals surface area contributed by atoms with Gasteiger partial charge in [-0.05, 0) is 31.6 Å². The van der Waals surface area contributed by atoms with Crippen molar-refractivity contribution in [3.05, 3.63) is 0 Å². The molecule has 6 heteroatoms. The number of piperidine rings is 1. The topological polar surface area (TPSA) is 72.6 Å². The van der Waals surface area contributed by atoms with Gasteiger partial charge in [0.1, 0.15) is 0 Å². The van der Waals surface area contributed by atoms with Crippen molar-refractivity contribution in [2.75, 3.05) is 32.6 Å². The van der Waals surface area contributed by atoms with Crippen molar-refractivity contribution < 1.29 is 13.2 Å². The highest BCUT2D eigenvalue weighted by Gasteiger charge is 2.27. The van der Waals surface area contributed by atoms with E-state index in [1.807, 2.05) is 0 Å². The van der Waals surface area contributed by atoms with E-state index in [0.717, 1.165) is 25.7 Å². The third-order valence-electron chi connectivity index (χ3n) is 4.10. The van der Waals surface area contributed by atoms with Crippen molar-refractivity contribution in [3.8, 4) is 0 Å². The minimum Gasteiger partial charge on any atom is -0.379 e. The van der Waals surface area contributed by atoms with Crippen LogP contribution in [0, 0.1) is 5.92 Å². The molecule has 1 heterocycles. The van der Waals surface area contributed by atoms with Crippen LogP contribution in [0.3, 0.4) is 0 Å². The lowest BCUT2D eigenvalue weighted by Gasteiger charge is -2.32. The zero-order valence-electron chi connectivity index (χ0n) is 12.4. The first-order valence-corrected chi connectivity index (χ1v) is 8.97. The first-order chi connectivity index (χ1) is 8.80. The molecule has 1 fully saturated rings. The van der Waals surface area contributed by atoms with Crippen molar-refractivity contribution in [2.45, 2.75) is 45.1 Å². The van der Waals surface area contributed by atoms with Gasteiger partial charge >= 0.3 is 0 Å². The number of sulfonamides is 1. The lowest BCUT2D eigenvalue weighted by molar-refractivity contribution is 0.0429. The van der Waals surface area contributed by atoms with E-state index >= 15 is 0 Å². The molecule has 0 aliphatic carbocycles. The molecule has 1 saturated heterocycles. The van der Waals surface area contributed by atoms with Crippen molar-refractivity contribution in [2.24, 2.45) is 11.7 Å². The molecule has 19 heavy (non-hydrogen) atoms. The first kappa shape index (κ1) is 16.9. The van der Waals surface area contributed by atoms with Crippen LogP contribution in [0.15, 0.2) is 0 Å². The molecule has 1 aliphatic rings. The van der Waals surface area contributed by atoms with E-state index in [-0.39, 0.29) is 5.54 Å². The summed E-state index contributed by atoms with van der Waals surface area (Å²) >= 11 is 0. The maximum atomic E-state index is 11.5. The molecule has 0 bridgehead atoms. The number of rotatable bonds is 7. The van der Waals surface area contributed by atoms with Gasteiger partial charge in [-0.3, -0.25) is 0 Å². The number of nitrogens with zero attached hydrogens (tertiary/aromatic N) is 1. The van der Waals surface area contributed by atoms with Crippen molar-refractivity contribution in [3.63, 3.8) is 0 Å². The molecule has 1 rings (SSSR count). The van der Waals surface area contributed by atoms with Crippen LogP contribution in [-0.4, -0.2) is 50.8 Å². The fraction of sp³-hybridized carbons (Fsp3) is 1.00. The SMILES string of the molecule is CCC(N)(CC)COCC1CCCN(S(C)(=O)=O)C1. The van der Waals surface area contributed by atoms with Crippen LogP contribution in [0.1, 0.15) is 39.5 Å². The quantitative estimate of drug-likeness (QED) is 0.765. The summed E-state index contributed by atoms with van der Waals surface area (Å²) in [5, 5.41) is 0. The Balaban J connectivity index is 2.38. The largest absolute Gasteiger partial charge is 0.379 e. The summed E-state index contributed by atoms with van der Waals surface area (Å²) in [4.78, 5) is 0. The average Bonchev–Trinajstić information content (AvgIpc) is 2.38. The summed E-state index contributed by atoms with van der Waals surface area (Å²) in [6, 6.07) is 0. The average molecular weight is 292 g/mol. The molecular weight excluding hydrogens is 264 g/mol. The molecule has 0 aromatic heterocycles. The monoisotopic (exact) mass is 292 g/mol. The summed E-state index contributed by atoms with van der Waals surface area (Å²) in [6.45, 7) is 6.51. The van der Waals surface area contributed by atoms with Gasteiger partial charge in [0, 0.05) is 18.6 Å². The van der Waals surface area contributed by atoms with E-state index in [0.29, 0.717) is 32.2 Å². The fourth-order valence-corrected chi connectivity index (χ4v) is 3.29. The highest BCUT2D eigenvalue weighted by atomic mass is 32.2. The number of ether oxygens (including phenoxy) is 1. The minimum absolute atomic E-state index is 0.245. The third-order valence-corrected chi connectivity index (χ3v) is 5.37. The summed E-state index contributed by atoms with van der Waals surface area (Å²) in [5.41, 5.74) is 5.93. The Morgan fingerprint density at radius 1 is 1.37 bits per heavy atom. The van der Waals surface area contributed by atoms with Crippen LogP contribution >= 0.6 is 0 Å². The van der Waals surface area contributed by atoms with Gasteiger partial charge in [-0.2, -0.15) is 0 Å². The molecule has 5 nitrogen and oxygen atoms in total. The van der Waals surface area contributed by atoms with E-state index in [1.165, 1.54) is 6.26 Å². The Morgan fingerprint density at radius 3 is 2.53 bits per heavy atom. The molecule has 114 valence electrons. The van der Waals surface area contributed by atoms with Gasteiger partial charge in [-0.1, -0.05) is 13.8 Å². The summed E-state index contributed by atoms with van der Waals surface area (Å²) < 4.78 is 30.3. The molecular formula is C13H28N2O3S. The van der Waals surface area contributed by atoms with Gasteiger partial charge in [0.25, 0.3) is 0 Å². The van der Waals surface area contributed by atoms with Crippen molar-refractivity contribution in [1.29, 1.82) is 0 Å². The highest BCUT2D eigenvalue weighted by molar-refractivity contribution is 7.88. The zero-order valence-corrected chi connectivity index (χ0v) is 13.2. The van der Waals surface area contributed by atoms with Crippen molar-refractivity contribution >= 4 is 10.0 Å². The fourth-order valence-electron chi connectivity index (χ4n) is 2.35. The molecule has 0 saturated carbocycles. The maximum Gasteiger partial charge on any atom is 0.211 e. The number of hydrogen-bond acceptors (Lipinski definition) is 4. The molecule has 0 aromatic rings. The summed E-state index contributed by atoms with van der Waals surface area (Å²) in [7, 11) is -3.07. The van der Waals surface area contributed by atoms with Crippen LogP contribution in [0.4, 0.5) is 0 Å². The van der Waals surface area contributed by atoms with Crippen LogP contribution in [0.5, 0.6) is 0 Å². The second kappa shape index (κ2) is 7.02. The van der Waals surface area contributed by atoms with E-state index in [9.17, 15) is 8.42 Å². The lowest BCUT2D eigenvalue weighted by atomic mass is 9.95. The lowest BCUT2D eigenvalue weighted by Crippen LogP contribution is -2.45. The Bertz CT molecular complexity index is 366. The first-order valence-electron chi connectivity index (χ1n) is 7.12. The normalized spacial score (nSPS) is 22.6. The predicted octanol–water partition coefficient (Wildman–Crippen LogP) is 1.19. The van der Waals surface area contributed by atoms with E-state index in [4.69, 9.17) is 10.5 Å². The molecule has 0 spiro atoms. The highest BCUT2D eigenvalue weighted by Crippen LogP contribution is 2.20. The van der Waals surface area contributed by atoms with Crippen molar-refractivity contribution in [1.82, 2.24) is 4.31 Å². The zero-order chi connectivity index (χ0) is 14.5. The van der Waals surface area contributed by atoms with Gasteiger partial charge < -0.3 is 10.5 Å². The minimum atomic E-state index is -3.07. The van der Waals surface area contributed by atoms with Gasteiger partial charge in [-0.15, -0.1) is 0 Å². The summed E-state index contributed by atoms with van der Waals surface area (Å²) in [5.74, 6) is 0.293. The molecule has 0 amide bonds. The molecule has 1 atom stereocenters. The van der Waals surface area contributed by atoms with E-state index < -0.39 is 10.0 Å². The van der Waals surface area contributed by atoms with Gasteiger partial charge in [-0.25, -0.2) is 12.7 Å². The molecule has 0 radical (unpaired) electrons. The molecule has 1 unspecified atom stereocenters. The number of nitrogens with two attached hydrogens (primary N) is 1. The van der Waals surface area contributed by atoms with Gasteiger partial charge in [0.15, 0.2) is 0 Å². The predicted molar refractivity (Wildman–Crippen MR) is 77.5 cm³/mol. The third kappa shape index (κ3) is 5.38. The standard InChI is InChI=1S/C13H28N2O3S/c1-4-13(14,5-2)11-18-10-12-7-6-8-15(9-12)19(3,16)17/h12H,4-11,14H2,1-3H3. The Labute approximate surface area is 117 Å².